The lowest BCUT2D eigenvalue weighted by Crippen LogP contribution is -2.03. The lowest BCUT2D eigenvalue weighted by atomic mass is 10.1. The van der Waals surface area contributed by atoms with Gasteiger partial charge in [0.1, 0.15) is 0 Å². The Hall–Kier alpha value is -1.36. The van der Waals surface area contributed by atoms with Crippen LogP contribution >= 0.6 is 0 Å². The molecule has 0 radical (unpaired) electrons. The maximum Gasteiger partial charge on any atom is 0.373 e. The van der Waals surface area contributed by atoms with Gasteiger partial charge in [-0.2, -0.15) is 0 Å². The largest absolute Gasteiger partial charge is 0.475 e. The first-order valence-electron chi connectivity index (χ1n) is 4.51. The van der Waals surface area contributed by atoms with Gasteiger partial charge < -0.3 is 14.3 Å². The van der Waals surface area contributed by atoms with Crippen LogP contribution in [0.1, 0.15) is 22.9 Å². The number of carboxylic acid groups (broad SMARTS) is 1. The average Bonchev–Trinajstić information content (AvgIpc) is 2.75. The molecule has 2 heterocycles. The SMILES string of the molecule is O=C(O)c1cnc(CC2CCOC2)o1. The van der Waals surface area contributed by atoms with Crippen LogP contribution in [-0.2, 0) is 11.2 Å². The second-order valence-corrected chi connectivity index (χ2v) is 3.36. The van der Waals surface area contributed by atoms with Crippen molar-refractivity contribution in [2.45, 2.75) is 12.8 Å². The van der Waals surface area contributed by atoms with Gasteiger partial charge in [-0.1, -0.05) is 0 Å². The van der Waals surface area contributed by atoms with Gasteiger partial charge in [0.05, 0.1) is 6.20 Å². The summed E-state index contributed by atoms with van der Waals surface area (Å²) >= 11 is 0. The van der Waals surface area contributed by atoms with Crippen molar-refractivity contribution in [2.75, 3.05) is 13.2 Å². The van der Waals surface area contributed by atoms with Crippen molar-refractivity contribution in [1.29, 1.82) is 0 Å². The highest BCUT2D eigenvalue weighted by molar-refractivity contribution is 5.83. The molecule has 14 heavy (non-hydrogen) atoms. The normalized spacial score (nSPS) is 21.3. The minimum atomic E-state index is -1.08. The molecule has 0 aliphatic carbocycles. The first kappa shape index (κ1) is 9.21. The summed E-state index contributed by atoms with van der Waals surface area (Å²) in [6, 6.07) is 0. The number of carbonyl (C=O) groups is 1. The highest BCUT2D eigenvalue weighted by Crippen LogP contribution is 2.18. The van der Waals surface area contributed by atoms with Gasteiger partial charge >= 0.3 is 5.97 Å². The lowest BCUT2D eigenvalue weighted by molar-refractivity contribution is 0.0660. The molecule has 1 aromatic rings. The minimum Gasteiger partial charge on any atom is -0.475 e. The molecule has 1 atom stereocenters. The van der Waals surface area contributed by atoms with E-state index in [0.29, 0.717) is 24.8 Å². The predicted octanol–water partition coefficient (Wildman–Crippen LogP) is 0.952. The summed E-state index contributed by atoms with van der Waals surface area (Å²) in [5.41, 5.74) is 0. The van der Waals surface area contributed by atoms with Crippen molar-refractivity contribution in [1.82, 2.24) is 4.98 Å². The molecule has 0 amide bonds. The van der Waals surface area contributed by atoms with Gasteiger partial charge in [-0.05, 0) is 12.3 Å². The molecular formula is C9H11NO4. The van der Waals surface area contributed by atoms with Crippen molar-refractivity contribution >= 4 is 5.97 Å². The van der Waals surface area contributed by atoms with Crippen LogP contribution in [0.3, 0.4) is 0 Å². The van der Waals surface area contributed by atoms with Crippen LogP contribution in [0.25, 0.3) is 0 Å². The molecule has 1 aliphatic heterocycles. The summed E-state index contributed by atoms with van der Waals surface area (Å²) in [5.74, 6) is -0.279. The quantitative estimate of drug-likeness (QED) is 0.781. The van der Waals surface area contributed by atoms with Crippen LogP contribution in [0, 0.1) is 5.92 Å². The molecule has 1 N–H and O–H groups in total. The van der Waals surface area contributed by atoms with E-state index in [2.05, 4.69) is 4.98 Å². The molecule has 1 saturated heterocycles. The van der Waals surface area contributed by atoms with E-state index in [1.807, 2.05) is 0 Å². The molecule has 1 fully saturated rings. The third-order valence-corrected chi connectivity index (χ3v) is 2.25. The number of rotatable bonds is 3. The number of oxazole rings is 1. The Morgan fingerprint density at radius 1 is 1.71 bits per heavy atom. The van der Waals surface area contributed by atoms with E-state index in [-0.39, 0.29) is 5.76 Å². The maximum atomic E-state index is 10.5. The number of aromatic carboxylic acids is 1. The second kappa shape index (κ2) is 3.79. The van der Waals surface area contributed by atoms with Gasteiger partial charge in [0.2, 0.25) is 5.76 Å². The van der Waals surface area contributed by atoms with Crippen LogP contribution in [0.5, 0.6) is 0 Å². The minimum absolute atomic E-state index is 0.0982. The molecule has 0 spiro atoms. The Bertz CT molecular complexity index is 327. The number of carboxylic acids is 1. The lowest BCUT2D eigenvalue weighted by Gasteiger charge is -2.01. The highest BCUT2D eigenvalue weighted by Gasteiger charge is 2.19. The van der Waals surface area contributed by atoms with Crippen molar-refractivity contribution in [2.24, 2.45) is 5.92 Å². The first-order chi connectivity index (χ1) is 6.75. The number of aromatic nitrogens is 1. The third kappa shape index (κ3) is 1.93. The van der Waals surface area contributed by atoms with Crippen molar-refractivity contribution < 1.29 is 19.1 Å². The number of hydrogen-bond acceptors (Lipinski definition) is 4. The Balaban J connectivity index is 1.98. The molecule has 0 bridgehead atoms. The Morgan fingerprint density at radius 3 is 3.14 bits per heavy atom. The van der Waals surface area contributed by atoms with Gasteiger partial charge in [-0.15, -0.1) is 0 Å². The molecule has 2 rings (SSSR count). The molecule has 5 heteroatoms. The van der Waals surface area contributed by atoms with Gasteiger partial charge in [0, 0.05) is 19.6 Å². The van der Waals surface area contributed by atoms with E-state index in [0.717, 1.165) is 13.0 Å². The molecule has 1 aromatic heterocycles. The van der Waals surface area contributed by atoms with Crippen LogP contribution in [0.2, 0.25) is 0 Å². The fourth-order valence-electron chi connectivity index (χ4n) is 1.49. The standard InChI is InChI=1S/C9H11NO4/c11-9(12)7-4-10-8(14-7)3-6-1-2-13-5-6/h4,6H,1-3,5H2,(H,11,12). The zero-order valence-corrected chi connectivity index (χ0v) is 7.60. The number of hydrogen-bond donors (Lipinski definition) is 1. The Kier molecular flexibility index (Phi) is 2.49. The topological polar surface area (TPSA) is 72.6 Å². The molecule has 0 aromatic carbocycles. The van der Waals surface area contributed by atoms with E-state index >= 15 is 0 Å². The first-order valence-corrected chi connectivity index (χ1v) is 4.51. The van der Waals surface area contributed by atoms with Crippen molar-refractivity contribution in [3.8, 4) is 0 Å². The van der Waals surface area contributed by atoms with Crippen LogP contribution in [-0.4, -0.2) is 29.3 Å². The number of ether oxygens (including phenoxy) is 1. The summed E-state index contributed by atoms with van der Waals surface area (Å²) < 4.78 is 10.2. The molecule has 76 valence electrons. The highest BCUT2D eigenvalue weighted by atomic mass is 16.5. The summed E-state index contributed by atoms with van der Waals surface area (Å²) in [7, 11) is 0. The maximum absolute atomic E-state index is 10.5. The molecule has 5 nitrogen and oxygen atoms in total. The van der Waals surface area contributed by atoms with Crippen molar-refractivity contribution in [3.63, 3.8) is 0 Å². The van der Waals surface area contributed by atoms with Gasteiger partial charge in [-0.3, -0.25) is 0 Å². The molecule has 1 unspecified atom stereocenters. The van der Waals surface area contributed by atoms with Crippen LogP contribution in [0.4, 0.5) is 0 Å². The Labute approximate surface area is 80.7 Å². The zero-order chi connectivity index (χ0) is 9.97. The Morgan fingerprint density at radius 2 is 2.57 bits per heavy atom. The van der Waals surface area contributed by atoms with Crippen molar-refractivity contribution in [3.05, 3.63) is 17.8 Å². The fourth-order valence-corrected chi connectivity index (χ4v) is 1.49. The fraction of sp³-hybridized carbons (Fsp3) is 0.556. The van der Waals surface area contributed by atoms with E-state index in [4.69, 9.17) is 14.3 Å². The molecule has 0 saturated carbocycles. The van der Waals surface area contributed by atoms with Crippen LogP contribution < -0.4 is 0 Å². The van der Waals surface area contributed by atoms with Gasteiger partial charge in [0.25, 0.3) is 0 Å². The van der Waals surface area contributed by atoms with E-state index in [9.17, 15) is 4.79 Å². The zero-order valence-electron chi connectivity index (χ0n) is 7.60. The number of nitrogens with zero attached hydrogens (tertiary/aromatic N) is 1. The monoisotopic (exact) mass is 197 g/mol. The van der Waals surface area contributed by atoms with Gasteiger partial charge in [0.15, 0.2) is 5.89 Å². The molecular weight excluding hydrogens is 186 g/mol. The summed E-state index contributed by atoms with van der Waals surface area (Å²) in [6.07, 6.45) is 2.89. The molecule has 1 aliphatic rings. The van der Waals surface area contributed by atoms with E-state index < -0.39 is 5.97 Å². The van der Waals surface area contributed by atoms with E-state index in [1.165, 1.54) is 6.20 Å². The average molecular weight is 197 g/mol. The van der Waals surface area contributed by atoms with Gasteiger partial charge in [-0.25, -0.2) is 9.78 Å². The summed E-state index contributed by atoms with van der Waals surface area (Å²) in [4.78, 5) is 14.4. The summed E-state index contributed by atoms with van der Waals surface area (Å²) in [5, 5.41) is 8.60. The summed E-state index contributed by atoms with van der Waals surface area (Å²) in [6.45, 7) is 1.49. The second-order valence-electron chi connectivity index (χ2n) is 3.36. The van der Waals surface area contributed by atoms with E-state index in [1.54, 1.807) is 0 Å². The third-order valence-electron chi connectivity index (χ3n) is 2.25. The van der Waals surface area contributed by atoms with Crippen LogP contribution in [0.15, 0.2) is 10.6 Å². The predicted molar refractivity (Wildman–Crippen MR) is 46.1 cm³/mol. The smallest absolute Gasteiger partial charge is 0.373 e.